The average molecular weight is 146 g/mol. The molecule has 2 aromatic heterocycles. The standard InChI is InChI=1S/C7H6N4/c1-5-2-6-7(8-3-5)4-9-11-10-6/h2-4H,1H3. The minimum atomic E-state index is 0.783. The van der Waals surface area contributed by atoms with Crippen molar-refractivity contribution in [1.82, 2.24) is 20.4 Å². The molecule has 2 aromatic rings. The van der Waals surface area contributed by atoms with E-state index in [1.165, 1.54) is 0 Å². The fourth-order valence-corrected chi connectivity index (χ4v) is 0.898. The molecule has 0 aromatic carbocycles. The van der Waals surface area contributed by atoms with Gasteiger partial charge in [0.25, 0.3) is 0 Å². The molecule has 0 radical (unpaired) electrons. The molecule has 2 rings (SSSR count). The Kier molecular flexibility index (Phi) is 1.25. The van der Waals surface area contributed by atoms with Crippen LogP contribution < -0.4 is 0 Å². The molecule has 0 aliphatic heterocycles. The van der Waals surface area contributed by atoms with Gasteiger partial charge in [0.2, 0.25) is 0 Å². The van der Waals surface area contributed by atoms with E-state index in [-0.39, 0.29) is 0 Å². The minimum absolute atomic E-state index is 0.783. The zero-order valence-corrected chi connectivity index (χ0v) is 6.02. The van der Waals surface area contributed by atoms with Crippen LogP contribution in [0.5, 0.6) is 0 Å². The third kappa shape index (κ3) is 1.02. The summed E-state index contributed by atoms with van der Waals surface area (Å²) in [6.45, 7) is 1.97. The number of nitrogens with zero attached hydrogens (tertiary/aromatic N) is 4. The lowest BCUT2D eigenvalue weighted by Crippen LogP contribution is -1.89. The van der Waals surface area contributed by atoms with Gasteiger partial charge in [0, 0.05) is 6.20 Å². The number of aromatic nitrogens is 4. The first-order chi connectivity index (χ1) is 5.36. The first-order valence-electron chi connectivity index (χ1n) is 3.27. The molecule has 0 atom stereocenters. The molecule has 4 heteroatoms. The SMILES string of the molecule is Cc1cnc2cnnnc2c1. The van der Waals surface area contributed by atoms with Crippen LogP contribution in [0.1, 0.15) is 5.56 Å². The number of pyridine rings is 1. The van der Waals surface area contributed by atoms with Crippen LogP contribution in [0.15, 0.2) is 18.5 Å². The highest BCUT2D eigenvalue weighted by Crippen LogP contribution is 2.05. The normalized spacial score (nSPS) is 10.3. The van der Waals surface area contributed by atoms with Gasteiger partial charge in [-0.2, -0.15) is 0 Å². The van der Waals surface area contributed by atoms with Crippen LogP contribution >= 0.6 is 0 Å². The number of hydrogen-bond donors (Lipinski definition) is 0. The minimum Gasteiger partial charge on any atom is -0.253 e. The highest BCUT2D eigenvalue weighted by molar-refractivity contribution is 5.72. The van der Waals surface area contributed by atoms with Gasteiger partial charge < -0.3 is 0 Å². The molecular weight excluding hydrogens is 140 g/mol. The van der Waals surface area contributed by atoms with Crippen molar-refractivity contribution in [3.8, 4) is 0 Å². The molecule has 0 fully saturated rings. The molecule has 11 heavy (non-hydrogen) atoms. The first kappa shape index (κ1) is 6.15. The van der Waals surface area contributed by atoms with E-state index >= 15 is 0 Å². The van der Waals surface area contributed by atoms with E-state index in [1.807, 2.05) is 13.0 Å². The Morgan fingerprint density at radius 2 is 2.09 bits per heavy atom. The Bertz CT molecular complexity index is 385. The third-order valence-corrected chi connectivity index (χ3v) is 1.42. The van der Waals surface area contributed by atoms with E-state index in [4.69, 9.17) is 0 Å². The van der Waals surface area contributed by atoms with Crippen LogP contribution in [0, 0.1) is 6.92 Å². The molecule has 2 heterocycles. The van der Waals surface area contributed by atoms with Gasteiger partial charge in [-0.3, -0.25) is 4.98 Å². The molecule has 0 amide bonds. The smallest absolute Gasteiger partial charge is 0.115 e. The molecule has 4 nitrogen and oxygen atoms in total. The third-order valence-electron chi connectivity index (χ3n) is 1.42. The second-order valence-electron chi connectivity index (χ2n) is 2.35. The number of aryl methyl sites for hydroxylation is 1. The second-order valence-corrected chi connectivity index (χ2v) is 2.35. The predicted molar refractivity (Wildman–Crippen MR) is 39.9 cm³/mol. The molecule has 0 unspecified atom stereocenters. The molecule has 0 bridgehead atoms. The van der Waals surface area contributed by atoms with Crippen LogP contribution in [-0.2, 0) is 0 Å². The largest absolute Gasteiger partial charge is 0.253 e. The molecule has 0 saturated heterocycles. The highest BCUT2D eigenvalue weighted by atomic mass is 15.3. The van der Waals surface area contributed by atoms with Crippen LogP contribution in [-0.4, -0.2) is 20.4 Å². The van der Waals surface area contributed by atoms with Crippen molar-refractivity contribution in [1.29, 1.82) is 0 Å². The predicted octanol–water partition coefficient (Wildman–Crippen LogP) is 0.728. The highest BCUT2D eigenvalue weighted by Gasteiger charge is 1.94. The van der Waals surface area contributed by atoms with E-state index in [2.05, 4.69) is 20.4 Å². The summed E-state index contributed by atoms with van der Waals surface area (Å²) in [7, 11) is 0. The van der Waals surface area contributed by atoms with E-state index in [0.29, 0.717) is 0 Å². The second kappa shape index (κ2) is 2.23. The van der Waals surface area contributed by atoms with Gasteiger partial charge in [-0.05, 0) is 23.8 Å². The van der Waals surface area contributed by atoms with Crippen molar-refractivity contribution >= 4 is 11.0 Å². The van der Waals surface area contributed by atoms with Crippen molar-refractivity contribution in [3.05, 3.63) is 24.0 Å². The first-order valence-corrected chi connectivity index (χ1v) is 3.27. The van der Waals surface area contributed by atoms with E-state index in [9.17, 15) is 0 Å². The van der Waals surface area contributed by atoms with Gasteiger partial charge >= 0.3 is 0 Å². The molecule has 0 aliphatic rings. The Balaban J connectivity index is 2.83. The summed E-state index contributed by atoms with van der Waals surface area (Å²) in [6, 6.07) is 1.93. The zero-order valence-electron chi connectivity index (χ0n) is 6.02. The quantitative estimate of drug-likeness (QED) is 0.549. The fraction of sp³-hybridized carbons (Fsp3) is 0.143. The summed E-state index contributed by atoms with van der Waals surface area (Å²) in [5.74, 6) is 0. The average Bonchev–Trinajstić information content (AvgIpc) is 2.04. The fourth-order valence-electron chi connectivity index (χ4n) is 0.898. The summed E-state index contributed by atoms with van der Waals surface area (Å²) in [6.07, 6.45) is 3.38. The van der Waals surface area contributed by atoms with Crippen molar-refractivity contribution in [2.75, 3.05) is 0 Å². The van der Waals surface area contributed by atoms with Gasteiger partial charge in [-0.15, -0.1) is 10.2 Å². The number of hydrogen-bond acceptors (Lipinski definition) is 4. The maximum absolute atomic E-state index is 4.12. The molecule has 0 saturated carbocycles. The van der Waals surface area contributed by atoms with Gasteiger partial charge in [-0.1, -0.05) is 0 Å². The van der Waals surface area contributed by atoms with Crippen molar-refractivity contribution in [2.45, 2.75) is 6.92 Å². The Morgan fingerprint density at radius 1 is 1.18 bits per heavy atom. The van der Waals surface area contributed by atoms with Gasteiger partial charge in [-0.25, -0.2) is 0 Å². The van der Waals surface area contributed by atoms with E-state index in [1.54, 1.807) is 12.4 Å². The van der Waals surface area contributed by atoms with Gasteiger partial charge in [0.05, 0.1) is 6.20 Å². The number of rotatable bonds is 0. The molecule has 54 valence electrons. The number of fused-ring (bicyclic) bond motifs is 1. The van der Waals surface area contributed by atoms with Crippen molar-refractivity contribution < 1.29 is 0 Å². The molecule has 0 aliphatic carbocycles. The monoisotopic (exact) mass is 146 g/mol. The van der Waals surface area contributed by atoms with Crippen molar-refractivity contribution in [3.63, 3.8) is 0 Å². The Morgan fingerprint density at radius 3 is 3.00 bits per heavy atom. The topological polar surface area (TPSA) is 51.6 Å². The van der Waals surface area contributed by atoms with Crippen LogP contribution in [0.25, 0.3) is 11.0 Å². The summed E-state index contributed by atoms with van der Waals surface area (Å²) < 4.78 is 0. The summed E-state index contributed by atoms with van der Waals surface area (Å²) in [5.41, 5.74) is 2.66. The zero-order chi connectivity index (χ0) is 7.68. The molecule has 0 N–H and O–H groups in total. The summed E-state index contributed by atoms with van der Waals surface area (Å²) in [5, 5.41) is 11.0. The Hall–Kier alpha value is -1.58. The lowest BCUT2D eigenvalue weighted by molar-refractivity contribution is 0.890. The Labute approximate surface area is 63.3 Å². The maximum Gasteiger partial charge on any atom is 0.115 e. The van der Waals surface area contributed by atoms with Crippen molar-refractivity contribution in [2.24, 2.45) is 0 Å². The van der Waals surface area contributed by atoms with Crippen LogP contribution in [0.3, 0.4) is 0 Å². The van der Waals surface area contributed by atoms with Crippen LogP contribution in [0.4, 0.5) is 0 Å². The summed E-state index contributed by atoms with van der Waals surface area (Å²) in [4.78, 5) is 4.12. The van der Waals surface area contributed by atoms with Crippen LogP contribution in [0.2, 0.25) is 0 Å². The lowest BCUT2D eigenvalue weighted by atomic mass is 10.3. The van der Waals surface area contributed by atoms with E-state index < -0.39 is 0 Å². The molecular formula is C7H6N4. The van der Waals surface area contributed by atoms with E-state index in [0.717, 1.165) is 16.6 Å². The maximum atomic E-state index is 4.12. The van der Waals surface area contributed by atoms with Gasteiger partial charge in [0.1, 0.15) is 11.0 Å². The summed E-state index contributed by atoms with van der Waals surface area (Å²) >= 11 is 0. The van der Waals surface area contributed by atoms with Gasteiger partial charge in [0.15, 0.2) is 0 Å². The lowest BCUT2D eigenvalue weighted by Gasteiger charge is -1.93. The molecule has 0 spiro atoms.